The number of allylic oxidation sites excluding steroid dienone is 1. The van der Waals surface area contributed by atoms with Crippen LogP contribution in [-0.4, -0.2) is 11.2 Å². The first-order chi connectivity index (χ1) is 6.67. The van der Waals surface area contributed by atoms with E-state index in [2.05, 4.69) is 29.9 Å². The second-order valence-electron chi connectivity index (χ2n) is 4.25. The quantitative estimate of drug-likeness (QED) is 0.662. The predicted molar refractivity (Wildman–Crippen MR) is 59.1 cm³/mol. The largest absolute Gasteiger partial charge is 0.259 e. The minimum absolute atomic E-state index is 0.203. The zero-order valence-corrected chi connectivity index (χ0v) is 8.57. The van der Waals surface area contributed by atoms with Gasteiger partial charge < -0.3 is 0 Å². The monoisotopic (exact) mass is 186 g/mol. The number of aliphatic imine (C=N–C) groups is 1. The molecular formula is C12H14N2. The molecule has 0 aliphatic carbocycles. The van der Waals surface area contributed by atoms with E-state index in [0.717, 1.165) is 17.8 Å². The molecular weight excluding hydrogens is 172 g/mol. The lowest BCUT2D eigenvalue weighted by Gasteiger charge is -2.22. The Kier molecular flexibility index (Phi) is 2.20. The van der Waals surface area contributed by atoms with Gasteiger partial charge >= 0.3 is 0 Å². The maximum atomic E-state index is 4.37. The van der Waals surface area contributed by atoms with Gasteiger partial charge in [-0.1, -0.05) is 26.0 Å². The van der Waals surface area contributed by atoms with E-state index in [4.69, 9.17) is 0 Å². The normalized spacial score (nSPS) is 19.1. The Bertz CT molecular complexity index is 375. The molecule has 1 aliphatic heterocycles. The fourth-order valence-corrected chi connectivity index (χ4v) is 1.50. The van der Waals surface area contributed by atoms with Gasteiger partial charge in [-0.05, 0) is 24.0 Å². The van der Waals surface area contributed by atoms with Crippen molar-refractivity contribution in [1.29, 1.82) is 0 Å². The molecule has 0 fully saturated rings. The molecule has 0 radical (unpaired) electrons. The van der Waals surface area contributed by atoms with E-state index < -0.39 is 0 Å². The predicted octanol–water partition coefficient (Wildman–Crippen LogP) is 2.92. The van der Waals surface area contributed by atoms with Gasteiger partial charge in [-0.3, -0.25) is 9.98 Å². The van der Waals surface area contributed by atoms with Crippen LogP contribution in [0.1, 0.15) is 26.0 Å². The Balaban J connectivity index is 2.36. The standard InChI is InChI=1S/C12H14N2/c1-12(2)6-8-14-11(9-12)10-5-3-4-7-13-10/h3-5,7-9H,6H2,1-2H3. The van der Waals surface area contributed by atoms with Crippen molar-refractivity contribution in [2.24, 2.45) is 10.4 Å². The SMILES string of the molecule is CC1(C)C=C(c2ccccn2)N=CC1. The van der Waals surface area contributed by atoms with E-state index in [1.54, 1.807) is 6.20 Å². The van der Waals surface area contributed by atoms with Crippen LogP contribution < -0.4 is 0 Å². The number of rotatable bonds is 1. The summed E-state index contributed by atoms with van der Waals surface area (Å²) in [7, 11) is 0. The molecule has 0 saturated carbocycles. The Morgan fingerprint density at radius 3 is 2.79 bits per heavy atom. The highest BCUT2D eigenvalue weighted by atomic mass is 14.8. The van der Waals surface area contributed by atoms with E-state index >= 15 is 0 Å². The molecule has 14 heavy (non-hydrogen) atoms. The smallest absolute Gasteiger partial charge is 0.0882 e. The van der Waals surface area contributed by atoms with E-state index in [0.29, 0.717) is 0 Å². The Labute approximate surface area is 84.4 Å². The summed E-state index contributed by atoms with van der Waals surface area (Å²) >= 11 is 0. The average molecular weight is 186 g/mol. The van der Waals surface area contributed by atoms with Crippen molar-refractivity contribution < 1.29 is 0 Å². The Morgan fingerprint density at radius 2 is 2.14 bits per heavy atom. The number of nitrogens with zero attached hydrogens (tertiary/aromatic N) is 2. The average Bonchev–Trinajstić information content (AvgIpc) is 2.18. The molecule has 0 N–H and O–H groups in total. The molecule has 2 nitrogen and oxygen atoms in total. The van der Waals surface area contributed by atoms with Crippen LogP contribution in [0.4, 0.5) is 0 Å². The Hall–Kier alpha value is -1.44. The molecule has 1 aromatic rings. The van der Waals surface area contributed by atoms with Crippen LogP contribution in [0.2, 0.25) is 0 Å². The fourth-order valence-electron chi connectivity index (χ4n) is 1.50. The Morgan fingerprint density at radius 1 is 1.29 bits per heavy atom. The third-order valence-corrected chi connectivity index (χ3v) is 2.30. The molecule has 1 aliphatic rings. The summed E-state index contributed by atoms with van der Waals surface area (Å²) in [5.41, 5.74) is 2.15. The lowest BCUT2D eigenvalue weighted by molar-refractivity contribution is 0.505. The lowest BCUT2D eigenvalue weighted by Crippen LogP contribution is -2.12. The maximum Gasteiger partial charge on any atom is 0.0882 e. The highest BCUT2D eigenvalue weighted by Gasteiger charge is 2.18. The summed E-state index contributed by atoms with van der Waals surface area (Å²) in [6, 6.07) is 5.90. The van der Waals surface area contributed by atoms with Gasteiger partial charge in [0.05, 0.1) is 11.4 Å². The number of pyridine rings is 1. The minimum atomic E-state index is 0.203. The molecule has 0 aromatic carbocycles. The van der Waals surface area contributed by atoms with E-state index in [-0.39, 0.29) is 5.41 Å². The van der Waals surface area contributed by atoms with Gasteiger partial charge in [-0.25, -0.2) is 0 Å². The van der Waals surface area contributed by atoms with Gasteiger partial charge in [0.2, 0.25) is 0 Å². The van der Waals surface area contributed by atoms with Crippen LogP contribution in [0.25, 0.3) is 5.70 Å². The number of aromatic nitrogens is 1. The zero-order valence-electron chi connectivity index (χ0n) is 8.57. The summed E-state index contributed by atoms with van der Waals surface area (Å²) in [5.74, 6) is 0. The molecule has 0 saturated heterocycles. The molecule has 2 rings (SSSR count). The molecule has 72 valence electrons. The number of hydrogen-bond donors (Lipinski definition) is 0. The van der Waals surface area contributed by atoms with Crippen LogP contribution in [0.3, 0.4) is 0 Å². The second-order valence-corrected chi connectivity index (χ2v) is 4.25. The minimum Gasteiger partial charge on any atom is -0.259 e. The fraction of sp³-hybridized carbons (Fsp3) is 0.333. The first kappa shape index (κ1) is 9.13. The van der Waals surface area contributed by atoms with Gasteiger partial charge in [0.1, 0.15) is 0 Å². The molecule has 0 unspecified atom stereocenters. The van der Waals surface area contributed by atoms with Crippen molar-refractivity contribution in [3.63, 3.8) is 0 Å². The van der Waals surface area contributed by atoms with Gasteiger partial charge in [-0.2, -0.15) is 0 Å². The van der Waals surface area contributed by atoms with Gasteiger partial charge in [0, 0.05) is 12.4 Å². The molecule has 0 amide bonds. The molecule has 2 heterocycles. The van der Waals surface area contributed by atoms with Gasteiger partial charge in [0.25, 0.3) is 0 Å². The topological polar surface area (TPSA) is 25.2 Å². The van der Waals surface area contributed by atoms with Crippen LogP contribution in [0.5, 0.6) is 0 Å². The van der Waals surface area contributed by atoms with Crippen LogP contribution in [0, 0.1) is 5.41 Å². The molecule has 0 bridgehead atoms. The number of hydrogen-bond acceptors (Lipinski definition) is 2. The van der Waals surface area contributed by atoms with Gasteiger partial charge in [0.15, 0.2) is 0 Å². The van der Waals surface area contributed by atoms with Crippen molar-refractivity contribution in [3.05, 3.63) is 36.2 Å². The molecule has 2 heteroatoms. The summed E-state index contributed by atoms with van der Waals surface area (Å²) in [6.45, 7) is 4.42. The third kappa shape index (κ3) is 1.90. The highest BCUT2D eigenvalue weighted by Crippen LogP contribution is 2.30. The van der Waals surface area contributed by atoms with Crippen LogP contribution in [-0.2, 0) is 0 Å². The summed E-state index contributed by atoms with van der Waals surface area (Å²) < 4.78 is 0. The third-order valence-electron chi connectivity index (χ3n) is 2.30. The van der Waals surface area contributed by atoms with Gasteiger partial charge in [-0.15, -0.1) is 0 Å². The molecule has 0 atom stereocenters. The lowest BCUT2D eigenvalue weighted by atomic mass is 9.87. The van der Waals surface area contributed by atoms with Crippen LogP contribution in [0.15, 0.2) is 35.5 Å². The first-order valence-electron chi connectivity index (χ1n) is 4.84. The van der Waals surface area contributed by atoms with Crippen molar-refractivity contribution in [3.8, 4) is 0 Å². The second kappa shape index (κ2) is 3.37. The summed E-state index contributed by atoms with van der Waals surface area (Å²) in [6.07, 6.45) is 6.97. The zero-order chi connectivity index (χ0) is 10.0. The highest BCUT2D eigenvalue weighted by molar-refractivity contribution is 5.76. The molecule has 0 spiro atoms. The molecule has 1 aromatic heterocycles. The summed E-state index contributed by atoms with van der Waals surface area (Å²) in [5, 5.41) is 0. The van der Waals surface area contributed by atoms with Crippen molar-refractivity contribution >= 4 is 11.9 Å². The van der Waals surface area contributed by atoms with Crippen molar-refractivity contribution in [2.75, 3.05) is 0 Å². The van der Waals surface area contributed by atoms with Crippen molar-refractivity contribution in [2.45, 2.75) is 20.3 Å². The first-order valence-corrected chi connectivity index (χ1v) is 4.84. The van der Waals surface area contributed by atoms with E-state index in [9.17, 15) is 0 Å². The van der Waals surface area contributed by atoms with Crippen LogP contribution >= 0.6 is 0 Å². The van der Waals surface area contributed by atoms with E-state index in [1.165, 1.54) is 0 Å². The van der Waals surface area contributed by atoms with Crippen molar-refractivity contribution in [1.82, 2.24) is 4.98 Å². The summed E-state index contributed by atoms with van der Waals surface area (Å²) in [4.78, 5) is 8.65. The van der Waals surface area contributed by atoms with E-state index in [1.807, 2.05) is 24.4 Å². The maximum absolute atomic E-state index is 4.37.